The molecule has 1 saturated carbocycles. The standard InChI is InChI=1S/C15H17N3O2/c1-10-16-15(20-18-10)12-8-6-11(7-9-12)14(19)17-13-4-2-3-5-13/h6-9,13H,2-5H2,1H3,(H,17,19). The minimum atomic E-state index is -0.00911. The van der Waals surface area contributed by atoms with Crippen molar-refractivity contribution >= 4 is 5.91 Å². The van der Waals surface area contributed by atoms with Crippen molar-refractivity contribution in [3.05, 3.63) is 35.7 Å². The Morgan fingerprint density at radius 2 is 1.95 bits per heavy atom. The van der Waals surface area contributed by atoms with E-state index in [1.54, 1.807) is 19.1 Å². The third-order valence-electron chi connectivity index (χ3n) is 3.61. The molecule has 5 heteroatoms. The molecule has 1 heterocycles. The number of hydrogen-bond acceptors (Lipinski definition) is 4. The van der Waals surface area contributed by atoms with E-state index in [-0.39, 0.29) is 5.91 Å². The monoisotopic (exact) mass is 271 g/mol. The molecule has 20 heavy (non-hydrogen) atoms. The Morgan fingerprint density at radius 3 is 2.55 bits per heavy atom. The van der Waals surface area contributed by atoms with Crippen LogP contribution in [0.15, 0.2) is 28.8 Å². The minimum absolute atomic E-state index is 0.00911. The number of nitrogens with zero attached hydrogens (tertiary/aromatic N) is 2. The number of aromatic nitrogens is 2. The lowest BCUT2D eigenvalue weighted by Gasteiger charge is -2.11. The van der Waals surface area contributed by atoms with Crippen molar-refractivity contribution in [3.8, 4) is 11.5 Å². The fraction of sp³-hybridized carbons (Fsp3) is 0.400. The summed E-state index contributed by atoms with van der Waals surface area (Å²) in [6, 6.07) is 7.58. The van der Waals surface area contributed by atoms with Crippen molar-refractivity contribution in [2.45, 2.75) is 38.6 Å². The van der Waals surface area contributed by atoms with E-state index in [9.17, 15) is 4.79 Å². The van der Waals surface area contributed by atoms with Crippen molar-refractivity contribution in [3.63, 3.8) is 0 Å². The van der Waals surface area contributed by atoms with E-state index in [1.807, 2.05) is 12.1 Å². The second kappa shape index (κ2) is 5.45. The van der Waals surface area contributed by atoms with Crippen LogP contribution in [0.2, 0.25) is 0 Å². The zero-order chi connectivity index (χ0) is 13.9. The van der Waals surface area contributed by atoms with Gasteiger partial charge in [0.2, 0.25) is 0 Å². The van der Waals surface area contributed by atoms with Gasteiger partial charge >= 0.3 is 0 Å². The first-order valence-electron chi connectivity index (χ1n) is 6.94. The highest BCUT2D eigenvalue weighted by molar-refractivity contribution is 5.94. The van der Waals surface area contributed by atoms with Crippen LogP contribution in [0, 0.1) is 6.92 Å². The highest BCUT2D eigenvalue weighted by atomic mass is 16.5. The van der Waals surface area contributed by atoms with E-state index in [0.717, 1.165) is 18.4 Å². The van der Waals surface area contributed by atoms with Gasteiger partial charge in [-0.3, -0.25) is 4.79 Å². The average molecular weight is 271 g/mol. The number of amides is 1. The van der Waals surface area contributed by atoms with E-state index in [1.165, 1.54) is 12.8 Å². The summed E-state index contributed by atoms with van der Waals surface area (Å²) in [6.45, 7) is 1.77. The first-order valence-corrected chi connectivity index (χ1v) is 6.94. The molecule has 1 fully saturated rings. The smallest absolute Gasteiger partial charge is 0.257 e. The van der Waals surface area contributed by atoms with Gasteiger partial charge in [-0.2, -0.15) is 4.98 Å². The van der Waals surface area contributed by atoms with Crippen LogP contribution in [-0.4, -0.2) is 22.1 Å². The van der Waals surface area contributed by atoms with E-state index < -0.39 is 0 Å². The van der Waals surface area contributed by atoms with E-state index in [0.29, 0.717) is 23.3 Å². The maximum Gasteiger partial charge on any atom is 0.257 e. The van der Waals surface area contributed by atoms with Crippen LogP contribution in [0.5, 0.6) is 0 Å². The van der Waals surface area contributed by atoms with Gasteiger partial charge in [0.1, 0.15) is 0 Å². The highest BCUT2D eigenvalue weighted by Gasteiger charge is 2.18. The fourth-order valence-corrected chi connectivity index (χ4v) is 2.52. The number of carbonyl (C=O) groups excluding carboxylic acids is 1. The Balaban J connectivity index is 1.70. The molecule has 1 aliphatic carbocycles. The van der Waals surface area contributed by atoms with Gasteiger partial charge in [0.05, 0.1) is 0 Å². The molecule has 1 aromatic heterocycles. The Hall–Kier alpha value is -2.17. The lowest BCUT2D eigenvalue weighted by atomic mass is 10.1. The van der Waals surface area contributed by atoms with Crippen molar-refractivity contribution in [2.24, 2.45) is 0 Å². The Morgan fingerprint density at radius 1 is 1.25 bits per heavy atom. The van der Waals surface area contributed by atoms with Crippen molar-refractivity contribution in [2.75, 3.05) is 0 Å². The predicted octanol–water partition coefficient (Wildman–Crippen LogP) is 2.72. The van der Waals surface area contributed by atoms with Crippen molar-refractivity contribution in [1.29, 1.82) is 0 Å². The molecular weight excluding hydrogens is 254 g/mol. The molecule has 1 amide bonds. The van der Waals surface area contributed by atoms with E-state index >= 15 is 0 Å². The molecule has 0 saturated heterocycles. The van der Waals surface area contributed by atoms with Gasteiger partial charge in [0, 0.05) is 17.2 Å². The second-order valence-corrected chi connectivity index (χ2v) is 5.18. The van der Waals surface area contributed by atoms with Crippen LogP contribution in [0.4, 0.5) is 0 Å². The number of nitrogens with one attached hydrogen (secondary N) is 1. The lowest BCUT2D eigenvalue weighted by molar-refractivity contribution is 0.0938. The first kappa shape index (κ1) is 12.8. The largest absolute Gasteiger partial charge is 0.349 e. The number of aryl methyl sites for hydroxylation is 1. The molecule has 5 nitrogen and oxygen atoms in total. The Bertz CT molecular complexity index is 598. The van der Waals surface area contributed by atoms with Crippen LogP contribution < -0.4 is 5.32 Å². The van der Waals surface area contributed by atoms with Crippen LogP contribution in [0.25, 0.3) is 11.5 Å². The SMILES string of the molecule is Cc1noc(-c2ccc(C(=O)NC3CCCC3)cc2)n1. The Kier molecular flexibility index (Phi) is 3.50. The van der Waals surface area contributed by atoms with E-state index in [2.05, 4.69) is 15.5 Å². The third kappa shape index (κ3) is 2.71. The number of rotatable bonds is 3. The summed E-state index contributed by atoms with van der Waals surface area (Å²) in [4.78, 5) is 16.3. The van der Waals surface area contributed by atoms with E-state index in [4.69, 9.17) is 4.52 Å². The molecule has 1 N–H and O–H groups in total. The van der Waals surface area contributed by atoms with Gasteiger partial charge in [-0.1, -0.05) is 18.0 Å². The minimum Gasteiger partial charge on any atom is -0.349 e. The van der Waals surface area contributed by atoms with Crippen LogP contribution in [0.1, 0.15) is 41.9 Å². The van der Waals surface area contributed by atoms with Gasteiger partial charge in [-0.05, 0) is 44.0 Å². The number of benzene rings is 1. The molecule has 0 spiro atoms. The Labute approximate surface area is 117 Å². The molecule has 0 radical (unpaired) electrons. The maximum atomic E-state index is 12.1. The fourth-order valence-electron chi connectivity index (χ4n) is 2.52. The third-order valence-corrected chi connectivity index (χ3v) is 3.61. The van der Waals surface area contributed by atoms with Crippen LogP contribution in [-0.2, 0) is 0 Å². The van der Waals surface area contributed by atoms with Crippen LogP contribution >= 0.6 is 0 Å². The predicted molar refractivity (Wildman–Crippen MR) is 74.2 cm³/mol. The molecule has 0 bridgehead atoms. The molecule has 104 valence electrons. The summed E-state index contributed by atoms with van der Waals surface area (Å²) in [5.74, 6) is 1.07. The van der Waals surface area contributed by atoms with Gasteiger partial charge in [-0.15, -0.1) is 0 Å². The summed E-state index contributed by atoms with van der Waals surface area (Å²) in [5, 5.41) is 6.82. The maximum absolute atomic E-state index is 12.1. The molecule has 0 unspecified atom stereocenters. The zero-order valence-corrected chi connectivity index (χ0v) is 11.4. The molecule has 3 rings (SSSR count). The summed E-state index contributed by atoms with van der Waals surface area (Å²) < 4.78 is 5.10. The topological polar surface area (TPSA) is 68.0 Å². The molecule has 1 aromatic carbocycles. The molecule has 2 aromatic rings. The number of hydrogen-bond donors (Lipinski definition) is 1. The summed E-state index contributed by atoms with van der Waals surface area (Å²) in [6.07, 6.45) is 4.59. The first-order chi connectivity index (χ1) is 9.72. The van der Waals surface area contributed by atoms with Crippen molar-refractivity contribution < 1.29 is 9.32 Å². The quantitative estimate of drug-likeness (QED) is 0.932. The normalized spacial score (nSPS) is 15.4. The van der Waals surface area contributed by atoms with Gasteiger partial charge < -0.3 is 9.84 Å². The van der Waals surface area contributed by atoms with Crippen LogP contribution in [0.3, 0.4) is 0 Å². The molecule has 1 aliphatic rings. The number of carbonyl (C=O) groups is 1. The van der Waals surface area contributed by atoms with Gasteiger partial charge in [-0.25, -0.2) is 0 Å². The van der Waals surface area contributed by atoms with Crippen molar-refractivity contribution in [1.82, 2.24) is 15.5 Å². The zero-order valence-electron chi connectivity index (χ0n) is 11.4. The molecular formula is C15H17N3O2. The lowest BCUT2D eigenvalue weighted by Crippen LogP contribution is -2.32. The average Bonchev–Trinajstić information content (AvgIpc) is 3.10. The summed E-state index contributed by atoms with van der Waals surface area (Å²) in [7, 11) is 0. The summed E-state index contributed by atoms with van der Waals surface area (Å²) >= 11 is 0. The van der Waals surface area contributed by atoms with Gasteiger partial charge in [0.15, 0.2) is 5.82 Å². The molecule has 0 atom stereocenters. The summed E-state index contributed by atoms with van der Waals surface area (Å²) in [5.41, 5.74) is 1.49. The van der Waals surface area contributed by atoms with Gasteiger partial charge in [0.25, 0.3) is 11.8 Å². The highest BCUT2D eigenvalue weighted by Crippen LogP contribution is 2.20. The molecule has 0 aliphatic heterocycles. The second-order valence-electron chi connectivity index (χ2n) is 5.18.